The first kappa shape index (κ1) is 18.9. The number of ether oxygens (including phenoxy) is 1. The number of benzene rings is 2. The van der Waals surface area contributed by atoms with Crippen molar-refractivity contribution in [3.05, 3.63) is 71.8 Å². The highest BCUT2D eigenvalue weighted by Gasteiger charge is 2.26. The van der Waals surface area contributed by atoms with Gasteiger partial charge < -0.3 is 10.1 Å². The highest BCUT2D eigenvalue weighted by Crippen LogP contribution is 2.07. The van der Waals surface area contributed by atoms with Crippen molar-refractivity contribution in [2.24, 2.45) is 0 Å². The largest absolute Gasteiger partial charge is 0.445 e. The summed E-state index contributed by atoms with van der Waals surface area (Å²) < 4.78 is 5.13. The molecule has 6 heteroatoms. The molecule has 0 unspecified atom stereocenters. The van der Waals surface area contributed by atoms with Crippen molar-refractivity contribution in [1.82, 2.24) is 5.32 Å². The molecule has 0 aliphatic heterocycles. The van der Waals surface area contributed by atoms with E-state index in [2.05, 4.69) is 21.2 Å². The first-order valence-electron chi connectivity index (χ1n) is 7.74. The monoisotopic (exact) mass is 403 g/mol. The summed E-state index contributed by atoms with van der Waals surface area (Å²) in [5.74, 6) is -1.25. The minimum absolute atomic E-state index is 0.0855. The first-order chi connectivity index (χ1) is 12.1. The summed E-state index contributed by atoms with van der Waals surface area (Å²) in [4.78, 5) is 36.0. The van der Waals surface area contributed by atoms with Crippen molar-refractivity contribution in [3.8, 4) is 0 Å². The van der Waals surface area contributed by atoms with Crippen LogP contribution in [0.4, 0.5) is 4.79 Å². The molecule has 0 fully saturated rings. The molecule has 0 bridgehead atoms. The molecule has 0 aliphatic rings. The van der Waals surface area contributed by atoms with E-state index in [1.165, 1.54) is 0 Å². The smallest absolute Gasteiger partial charge is 0.408 e. The Kier molecular flexibility index (Phi) is 7.35. The third-order valence-electron chi connectivity index (χ3n) is 3.50. The van der Waals surface area contributed by atoms with Gasteiger partial charge in [0.1, 0.15) is 12.6 Å². The number of halogens is 1. The van der Waals surface area contributed by atoms with Crippen LogP contribution < -0.4 is 5.32 Å². The van der Waals surface area contributed by atoms with Gasteiger partial charge in [0.15, 0.2) is 0 Å². The van der Waals surface area contributed by atoms with Gasteiger partial charge in [0.25, 0.3) is 0 Å². The Morgan fingerprint density at radius 3 is 2.04 bits per heavy atom. The van der Waals surface area contributed by atoms with E-state index in [1.54, 1.807) is 0 Å². The van der Waals surface area contributed by atoms with E-state index in [9.17, 15) is 14.4 Å². The van der Waals surface area contributed by atoms with E-state index >= 15 is 0 Å². The van der Waals surface area contributed by atoms with Gasteiger partial charge in [-0.1, -0.05) is 76.6 Å². The van der Waals surface area contributed by atoms with Gasteiger partial charge in [0.2, 0.25) is 11.6 Å². The summed E-state index contributed by atoms with van der Waals surface area (Å²) in [5.41, 5.74) is 1.67. The van der Waals surface area contributed by atoms with E-state index in [-0.39, 0.29) is 18.4 Å². The number of carbonyl (C=O) groups is 3. The maximum atomic E-state index is 12.2. The molecule has 5 nitrogen and oxygen atoms in total. The number of Topliss-reactive ketones (excluding diaryl/α,β-unsaturated/α-hetero) is 2. The summed E-state index contributed by atoms with van der Waals surface area (Å²) in [6.07, 6.45) is -0.515. The van der Waals surface area contributed by atoms with Crippen molar-refractivity contribution >= 4 is 33.6 Å². The van der Waals surface area contributed by atoms with Crippen molar-refractivity contribution in [2.45, 2.75) is 19.1 Å². The van der Waals surface area contributed by atoms with E-state index in [0.29, 0.717) is 0 Å². The fourth-order valence-electron chi connectivity index (χ4n) is 2.23. The zero-order valence-electron chi connectivity index (χ0n) is 13.5. The number of alkyl carbamates (subject to hydrolysis) is 1. The van der Waals surface area contributed by atoms with Crippen LogP contribution >= 0.6 is 15.9 Å². The normalized spacial score (nSPS) is 11.4. The van der Waals surface area contributed by atoms with Crippen molar-refractivity contribution in [1.29, 1.82) is 0 Å². The topological polar surface area (TPSA) is 72.5 Å². The molecule has 0 spiro atoms. The predicted octanol–water partition coefficient (Wildman–Crippen LogP) is 3.06. The summed E-state index contributed by atoms with van der Waals surface area (Å²) >= 11 is 2.98. The Labute approximate surface area is 154 Å². The highest BCUT2D eigenvalue weighted by atomic mass is 79.9. The van der Waals surface area contributed by atoms with Crippen molar-refractivity contribution < 1.29 is 19.1 Å². The number of alkyl halides is 1. The molecule has 130 valence electrons. The molecule has 2 aromatic carbocycles. The molecule has 0 aliphatic carbocycles. The van der Waals surface area contributed by atoms with Gasteiger partial charge in [0, 0.05) is 6.42 Å². The van der Waals surface area contributed by atoms with Gasteiger partial charge in [-0.05, 0) is 11.1 Å². The van der Waals surface area contributed by atoms with Crippen LogP contribution in [0.3, 0.4) is 0 Å². The van der Waals surface area contributed by atoms with Crippen LogP contribution in [0, 0.1) is 0 Å². The molecule has 2 aromatic rings. The molecule has 0 radical (unpaired) electrons. The minimum atomic E-state index is -0.962. The van der Waals surface area contributed by atoms with Crippen LogP contribution in [-0.2, 0) is 27.4 Å². The van der Waals surface area contributed by atoms with Crippen LogP contribution in [0.5, 0.6) is 0 Å². The van der Waals surface area contributed by atoms with Crippen molar-refractivity contribution in [3.63, 3.8) is 0 Å². The Morgan fingerprint density at radius 1 is 0.920 bits per heavy atom. The second-order valence-corrected chi connectivity index (χ2v) is 5.93. The molecular weight excluding hydrogens is 386 g/mol. The minimum Gasteiger partial charge on any atom is -0.445 e. The van der Waals surface area contributed by atoms with Gasteiger partial charge >= 0.3 is 6.09 Å². The molecular formula is C19H18BrNO4. The summed E-state index contributed by atoms with van der Waals surface area (Å²) in [5, 5.41) is 2.41. The predicted molar refractivity (Wildman–Crippen MR) is 97.5 cm³/mol. The zero-order chi connectivity index (χ0) is 18.1. The van der Waals surface area contributed by atoms with Crippen LogP contribution in [-0.4, -0.2) is 29.0 Å². The standard InChI is InChI=1S/C19H18BrNO4/c20-12-17(22)18(23)16(11-14-7-3-1-4-8-14)21-19(24)25-13-15-9-5-2-6-10-15/h1-10,16H,11-13H2,(H,21,24)/t16-/m0/s1. The average Bonchev–Trinajstić information content (AvgIpc) is 2.66. The van der Waals surface area contributed by atoms with Gasteiger partial charge in [-0.2, -0.15) is 0 Å². The lowest BCUT2D eigenvalue weighted by molar-refractivity contribution is -0.136. The molecule has 0 saturated carbocycles. The quantitative estimate of drug-likeness (QED) is 0.542. The Morgan fingerprint density at radius 2 is 1.48 bits per heavy atom. The average molecular weight is 404 g/mol. The van der Waals surface area contributed by atoms with E-state index in [1.807, 2.05) is 60.7 Å². The second-order valence-electron chi connectivity index (χ2n) is 5.37. The van der Waals surface area contributed by atoms with Crippen LogP contribution in [0.1, 0.15) is 11.1 Å². The molecule has 0 aromatic heterocycles. The number of hydrogen-bond donors (Lipinski definition) is 1. The fourth-order valence-corrected chi connectivity index (χ4v) is 2.50. The second kappa shape index (κ2) is 9.74. The van der Waals surface area contributed by atoms with Crippen molar-refractivity contribution in [2.75, 3.05) is 5.33 Å². The number of ketones is 2. The lowest BCUT2D eigenvalue weighted by atomic mass is 10.0. The SMILES string of the molecule is O=C(N[C@@H](Cc1ccccc1)C(=O)C(=O)CBr)OCc1ccccc1. The molecule has 0 heterocycles. The summed E-state index contributed by atoms with van der Waals surface area (Å²) in [6.45, 7) is 0.0886. The third kappa shape index (κ3) is 6.15. The van der Waals surface area contributed by atoms with E-state index in [4.69, 9.17) is 4.74 Å². The lowest BCUT2D eigenvalue weighted by Crippen LogP contribution is -2.45. The fraction of sp³-hybridized carbons (Fsp3) is 0.211. The molecule has 1 N–H and O–H groups in total. The van der Waals surface area contributed by atoms with Gasteiger partial charge in [0.05, 0.1) is 5.33 Å². The Bertz CT molecular complexity index is 719. The Hall–Kier alpha value is -2.47. The number of nitrogens with one attached hydrogen (secondary N) is 1. The first-order valence-corrected chi connectivity index (χ1v) is 8.86. The molecule has 1 amide bonds. The van der Waals surface area contributed by atoms with Crippen LogP contribution in [0.2, 0.25) is 0 Å². The zero-order valence-corrected chi connectivity index (χ0v) is 15.1. The molecule has 2 rings (SSSR count). The summed E-state index contributed by atoms with van der Waals surface area (Å²) in [7, 11) is 0. The van der Waals surface area contributed by atoms with Gasteiger partial charge in [-0.3, -0.25) is 9.59 Å². The van der Waals surface area contributed by atoms with Crippen LogP contribution in [0.15, 0.2) is 60.7 Å². The lowest BCUT2D eigenvalue weighted by Gasteiger charge is -2.17. The molecule has 25 heavy (non-hydrogen) atoms. The maximum Gasteiger partial charge on any atom is 0.408 e. The summed E-state index contributed by atoms with van der Waals surface area (Å²) in [6, 6.07) is 17.4. The van der Waals surface area contributed by atoms with E-state index in [0.717, 1.165) is 11.1 Å². The molecule has 0 saturated heterocycles. The Balaban J connectivity index is 2.00. The number of hydrogen-bond acceptors (Lipinski definition) is 4. The van der Waals surface area contributed by atoms with E-state index < -0.39 is 23.7 Å². The van der Waals surface area contributed by atoms with Gasteiger partial charge in [-0.15, -0.1) is 0 Å². The maximum absolute atomic E-state index is 12.2. The third-order valence-corrected chi connectivity index (χ3v) is 4.01. The number of rotatable bonds is 8. The van der Waals surface area contributed by atoms with Crippen LogP contribution in [0.25, 0.3) is 0 Å². The highest BCUT2D eigenvalue weighted by molar-refractivity contribution is 9.09. The number of carbonyl (C=O) groups excluding carboxylic acids is 3. The molecule has 1 atom stereocenters. The number of amides is 1. The van der Waals surface area contributed by atoms with Gasteiger partial charge in [-0.25, -0.2) is 4.79 Å².